The summed E-state index contributed by atoms with van der Waals surface area (Å²) in [5, 5.41) is 11.7. The fraction of sp³-hybridized carbons (Fsp3) is 0.391. The van der Waals surface area contributed by atoms with Crippen LogP contribution in [0, 0.1) is 12.8 Å². The van der Waals surface area contributed by atoms with Crippen molar-refractivity contribution >= 4 is 6.08 Å². The first kappa shape index (κ1) is 19.4. The summed E-state index contributed by atoms with van der Waals surface area (Å²) >= 11 is 0. The van der Waals surface area contributed by atoms with Gasteiger partial charge in [-0.3, -0.25) is 0 Å². The third kappa shape index (κ3) is 5.29. The highest BCUT2D eigenvalue weighted by atomic mass is 16.3. The minimum atomic E-state index is -0.881. The van der Waals surface area contributed by atoms with E-state index in [2.05, 4.69) is 82.2 Å². The molecule has 1 N–H and O–H groups in total. The molecule has 0 heterocycles. The predicted molar refractivity (Wildman–Crippen MR) is 108 cm³/mol. The minimum absolute atomic E-state index is 0.114. The first-order valence-electron chi connectivity index (χ1n) is 8.98. The van der Waals surface area contributed by atoms with Crippen LogP contribution in [0.4, 0.5) is 0 Å². The number of nitrogens with zero attached hydrogens (tertiary/aromatic N) is 1. The molecule has 2 heteroatoms. The van der Waals surface area contributed by atoms with Gasteiger partial charge in [0.2, 0.25) is 0 Å². The Hall–Kier alpha value is -1.90. The summed E-state index contributed by atoms with van der Waals surface area (Å²) in [4.78, 5) is 2.14. The van der Waals surface area contributed by atoms with Crippen molar-refractivity contribution < 1.29 is 5.11 Å². The van der Waals surface area contributed by atoms with E-state index in [-0.39, 0.29) is 5.92 Å². The molecular weight excluding hydrogens is 306 g/mol. The maximum atomic E-state index is 11.7. The van der Waals surface area contributed by atoms with E-state index in [0.29, 0.717) is 6.42 Å². The second kappa shape index (κ2) is 8.46. The predicted octanol–water partition coefficient (Wildman–Crippen LogP) is 4.57. The van der Waals surface area contributed by atoms with Gasteiger partial charge in [0.15, 0.2) is 0 Å². The van der Waals surface area contributed by atoms with Gasteiger partial charge in [-0.05, 0) is 44.6 Å². The molecule has 2 nitrogen and oxygen atoms in total. The van der Waals surface area contributed by atoms with Crippen LogP contribution in [0.25, 0.3) is 6.08 Å². The van der Waals surface area contributed by atoms with E-state index >= 15 is 0 Å². The van der Waals surface area contributed by atoms with Crippen molar-refractivity contribution in [2.24, 2.45) is 5.92 Å². The van der Waals surface area contributed by atoms with Crippen molar-refractivity contribution in [3.05, 3.63) is 76.9 Å². The largest absolute Gasteiger partial charge is 0.385 e. The smallest absolute Gasteiger partial charge is 0.0935 e. The Labute approximate surface area is 152 Å². The first-order chi connectivity index (χ1) is 11.8. The van der Waals surface area contributed by atoms with Gasteiger partial charge >= 0.3 is 0 Å². The van der Waals surface area contributed by atoms with Crippen LogP contribution in [0.2, 0.25) is 0 Å². The summed E-state index contributed by atoms with van der Waals surface area (Å²) in [6.07, 6.45) is 2.74. The quantitative estimate of drug-likeness (QED) is 0.800. The van der Waals surface area contributed by atoms with Crippen molar-refractivity contribution in [1.82, 2.24) is 4.90 Å². The molecule has 0 aromatic heterocycles. The van der Waals surface area contributed by atoms with Crippen molar-refractivity contribution in [2.75, 3.05) is 20.6 Å². The standard InChI is InChI=1S/C23H31NO/c1-18-10-9-13-22(14-18)16-23(25,20(3)17-24(4)5)19(2)15-21-11-7-6-8-12-21/h6-15,20,25H,16-17H2,1-5H3/b19-15+. The molecule has 0 radical (unpaired) electrons. The molecule has 0 aliphatic rings. The Morgan fingerprint density at radius 1 is 1.12 bits per heavy atom. The lowest BCUT2D eigenvalue weighted by Crippen LogP contribution is -2.44. The molecule has 0 aliphatic heterocycles. The van der Waals surface area contributed by atoms with Gasteiger partial charge in [-0.2, -0.15) is 0 Å². The van der Waals surface area contributed by atoms with Crippen LogP contribution in [-0.2, 0) is 6.42 Å². The monoisotopic (exact) mass is 337 g/mol. The molecule has 0 aliphatic carbocycles. The number of hydrogen-bond donors (Lipinski definition) is 1. The highest BCUT2D eigenvalue weighted by Gasteiger charge is 2.36. The molecule has 2 unspecified atom stereocenters. The van der Waals surface area contributed by atoms with Gasteiger partial charge in [-0.25, -0.2) is 0 Å². The molecule has 0 bridgehead atoms. The topological polar surface area (TPSA) is 23.5 Å². The highest BCUT2D eigenvalue weighted by molar-refractivity contribution is 5.55. The van der Waals surface area contributed by atoms with Gasteiger partial charge in [0, 0.05) is 18.9 Å². The third-order valence-electron chi connectivity index (χ3n) is 4.88. The molecule has 0 spiro atoms. The number of rotatable bonds is 7. The normalized spacial score (nSPS) is 15.9. The van der Waals surface area contributed by atoms with Gasteiger partial charge in [-0.15, -0.1) is 0 Å². The molecule has 2 rings (SSSR count). The maximum Gasteiger partial charge on any atom is 0.0935 e. The van der Waals surface area contributed by atoms with Crippen LogP contribution in [-0.4, -0.2) is 36.2 Å². The summed E-state index contributed by atoms with van der Waals surface area (Å²) in [5.41, 5.74) is 3.65. The summed E-state index contributed by atoms with van der Waals surface area (Å²) in [6, 6.07) is 18.7. The fourth-order valence-corrected chi connectivity index (χ4v) is 3.46. The molecule has 0 saturated carbocycles. The Balaban J connectivity index is 2.38. The molecule has 0 saturated heterocycles. The first-order valence-corrected chi connectivity index (χ1v) is 8.98. The third-order valence-corrected chi connectivity index (χ3v) is 4.88. The zero-order valence-corrected chi connectivity index (χ0v) is 16.2. The molecule has 0 fully saturated rings. The number of benzene rings is 2. The SMILES string of the molecule is C/C(=C\c1ccccc1)C(O)(Cc1cccc(C)c1)C(C)CN(C)C. The van der Waals surface area contributed by atoms with Crippen molar-refractivity contribution in [3.8, 4) is 0 Å². The van der Waals surface area contributed by atoms with E-state index in [1.807, 2.05) is 18.2 Å². The summed E-state index contributed by atoms with van der Waals surface area (Å²) in [7, 11) is 4.11. The lowest BCUT2D eigenvalue weighted by molar-refractivity contribution is 0.0149. The molecule has 0 amide bonds. The molecule has 2 aromatic carbocycles. The van der Waals surface area contributed by atoms with E-state index < -0.39 is 5.60 Å². The van der Waals surface area contributed by atoms with Crippen LogP contribution in [0.15, 0.2) is 60.2 Å². The van der Waals surface area contributed by atoms with Crippen molar-refractivity contribution in [1.29, 1.82) is 0 Å². The van der Waals surface area contributed by atoms with Crippen LogP contribution in [0.5, 0.6) is 0 Å². The van der Waals surface area contributed by atoms with Gasteiger partial charge in [0.05, 0.1) is 5.60 Å². The molecular formula is C23H31NO. The zero-order chi connectivity index (χ0) is 18.4. The van der Waals surface area contributed by atoms with Gasteiger partial charge < -0.3 is 10.0 Å². The van der Waals surface area contributed by atoms with Gasteiger partial charge in [0.25, 0.3) is 0 Å². The summed E-state index contributed by atoms with van der Waals surface area (Å²) in [6.45, 7) is 7.12. The number of aliphatic hydroxyl groups is 1. The second-order valence-corrected chi connectivity index (χ2v) is 7.49. The summed E-state index contributed by atoms with van der Waals surface area (Å²) < 4.78 is 0. The molecule has 25 heavy (non-hydrogen) atoms. The fourth-order valence-electron chi connectivity index (χ4n) is 3.46. The maximum absolute atomic E-state index is 11.7. The Morgan fingerprint density at radius 2 is 1.80 bits per heavy atom. The van der Waals surface area contributed by atoms with Crippen molar-refractivity contribution in [2.45, 2.75) is 32.8 Å². The van der Waals surface area contributed by atoms with E-state index in [1.54, 1.807) is 0 Å². The van der Waals surface area contributed by atoms with E-state index in [1.165, 1.54) is 11.1 Å². The average Bonchev–Trinajstić information content (AvgIpc) is 2.55. The van der Waals surface area contributed by atoms with Crippen LogP contribution in [0.1, 0.15) is 30.5 Å². The van der Waals surface area contributed by atoms with E-state index in [0.717, 1.165) is 17.7 Å². The highest BCUT2D eigenvalue weighted by Crippen LogP contribution is 2.32. The second-order valence-electron chi connectivity index (χ2n) is 7.49. The van der Waals surface area contributed by atoms with Crippen LogP contribution < -0.4 is 0 Å². The number of aryl methyl sites for hydroxylation is 1. The zero-order valence-electron chi connectivity index (χ0n) is 16.2. The molecule has 2 atom stereocenters. The van der Waals surface area contributed by atoms with E-state index in [4.69, 9.17) is 0 Å². The van der Waals surface area contributed by atoms with Crippen LogP contribution >= 0.6 is 0 Å². The molecule has 2 aromatic rings. The van der Waals surface area contributed by atoms with Crippen molar-refractivity contribution in [3.63, 3.8) is 0 Å². The lowest BCUT2D eigenvalue weighted by Gasteiger charge is -2.37. The summed E-state index contributed by atoms with van der Waals surface area (Å²) in [5.74, 6) is 0.114. The van der Waals surface area contributed by atoms with E-state index in [9.17, 15) is 5.11 Å². The van der Waals surface area contributed by atoms with Gasteiger partial charge in [0.1, 0.15) is 0 Å². The minimum Gasteiger partial charge on any atom is -0.385 e. The Kier molecular flexibility index (Phi) is 6.57. The Morgan fingerprint density at radius 3 is 2.40 bits per heavy atom. The number of hydrogen-bond acceptors (Lipinski definition) is 2. The van der Waals surface area contributed by atoms with Gasteiger partial charge in [-0.1, -0.05) is 73.2 Å². The average molecular weight is 338 g/mol. The Bertz CT molecular complexity index is 705. The lowest BCUT2D eigenvalue weighted by atomic mass is 9.77. The van der Waals surface area contributed by atoms with Crippen LogP contribution in [0.3, 0.4) is 0 Å². The molecule has 134 valence electrons.